The predicted molar refractivity (Wildman–Crippen MR) is 65.5 cm³/mol. The van der Waals surface area contributed by atoms with Crippen LogP contribution in [-0.4, -0.2) is 18.6 Å². The van der Waals surface area contributed by atoms with E-state index in [2.05, 4.69) is 11.4 Å². The maximum atomic E-state index is 11.3. The Morgan fingerprint density at radius 1 is 1.53 bits per heavy atom. The average Bonchev–Trinajstić information content (AvgIpc) is 2.31. The maximum Gasteiger partial charge on any atom is 0.308 e. The van der Waals surface area contributed by atoms with Crippen molar-refractivity contribution in [3.8, 4) is 6.07 Å². The number of nitrogens with zero attached hydrogens (tertiary/aromatic N) is 1. The summed E-state index contributed by atoms with van der Waals surface area (Å²) in [6.07, 6.45) is 0.0542. The Hall–Kier alpha value is -2.02. The van der Waals surface area contributed by atoms with Crippen LogP contribution in [0.25, 0.3) is 0 Å². The second-order valence-corrected chi connectivity index (χ2v) is 3.65. The van der Waals surface area contributed by atoms with Crippen molar-refractivity contribution in [1.29, 1.82) is 5.26 Å². The van der Waals surface area contributed by atoms with E-state index in [1.807, 2.05) is 31.2 Å². The molecule has 0 radical (unpaired) electrons. The second kappa shape index (κ2) is 6.54. The lowest BCUT2D eigenvalue weighted by atomic mass is 10.1. The van der Waals surface area contributed by atoms with Gasteiger partial charge >= 0.3 is 5.97 Å². The van der Waals surface area contributed by atoms with E-state index >= 15 is 0 Å². The number of rotatable bonds is 5. The normalized spacial score (nSPS) is 11.4. The number of nitriles is 1. The number of nitrogens with one attached hydrogen (secondary N) is 1. The van der Waals surface area contributed by atoms with Gasteiger partial charge in [0.05, 0.1) is 19.1 Å². The monoisotopic (exact) mass is 232 g/mol. The number of hydrogen-bond acceptors (Lipinski definition) is 4. The first-order chi connectivity index (χ1) is 8.17. The highest BCUT2D eigenvalue weighted by molar-refractivity contribution is 5.71. The van der Waals surface area contributed by atoms with Crippen molar-refractivity contribution < 1.29 is 9.53 Å². The Morgan fingerprint density at radius 2 is 2.24 bits per heavy atom. The number of anilines is 1. The van der Waals surface area contributed by atoms with Crippen molar-refractivity contribution >= 4 is 11.7 Å². The largest absolute Gasteiger partial charge is 0.466 e. The SMILES string of the molecule is CCOC(=O)CC(C#N)Nc1ccccc1C. The highest BCUT2D eigenvalue weighted by atomic mass is 16.5. The minimum Gasteiger partial charge on any atom is -0.466 e. The third-order valence-corrected chi connectivity index (χ3v) is 2.31. The van der Waals surface area contributed by atoms with Gasteiger partial charge in [0.1, 0.15) is 6.04 Å². The summed E-state index contributed by atoms with van der Waals surface area (Å²) in [7, 11) is 0. The van der Waals surface area contributed by atoms with Crippen molar-refractivity contribution in [2.75, 3.05) is 11.9 Å². The minimum absolute atomic E-state index is 0.0542. The van der Waals surface area contributed by atoms with Gasteiger partial charge in [-0.05, 0) is 25.5 Å². The number of carbonyl (C=O) groups excluding carboxylic acids is 1. The van der Waals surface area contributed by atoms with E-state index < -0.39 is 6.04 Å². The quantitative estimate of drug-likeness (QED) is 0.791. The average molecular weight is 232 g/mol. The van der Waals surface area contributed by atoms with E-state index in [1.54, 1.807) is 6.92 Å². The third-order valence-electron chi connectivity index (χ3n) is 2.31. The molecule has 4 heteroatoms. The van der Waals surface area contributed by atoms with Gasteiger partial charge in [0, 0.05) is 5.69 Å². The summed E-state index contributed by atoms with van der Waals surface area (Å²) < 4.78 is 4.81. The molecule has 0 spiro atoms. The highest BCUT2D eigenvalue weighted by Crippen LogP contribution is 2.15. The lowest BCUT2D eigenvalue weighted by molar-refractivity contribution is -0.143. The van der Waals surface area contributed by atoms with Crippen molar-refractivity contribution in [2.45, 2.75) is 26.3 Å². The fraction of sp³-hybridized carbons (Fsp3) is 0.385. The molecule has 4 nitrogen and oxygen atoms in total. The molecule has 0 saturated heterocycles. The molecule has 17 heavy (non-hydrogen) atoms. The summed E-state index contributed by atoms with van der Waals surface area (Å²) >= 11 is 0. The molecule has 0 fully saturated rings. The van der Waals surface area contributed by atoms with Crippen molar-refractivity contribution in [3.63, 3.8) is 0 Å². The first-order valence-corrected chi connectivity index (χ1v) is 5.54. The number of hydrogen-bond donors (Lipinski definition) is 1. The van der Waals surface area contributed by atoms with Gasteiger partial charge < -0.3 is 10.1 Å². The van der Waals surface area contributed by atoms with Gasteiger partial charge in [0.2, 0.25) is 0 Å². The molecule has 0 amide bonds. The van der Waals surface area contributed by atoms with Crippen LogP contribution in [0.15, 0.2) is 24.3 Å². The summed E-state index contributed by atoms with van der Waals surface area (Å²) in [6, 6.07) is 9.13. The third kappa shape index (κ3) is 4.15. The Balaban J connectivity index is 2.62. The molecule has 1 rings (SSSR count). The molecule has 1 atom stereocenters. The van der Waals surface area contributed by atoms with Crippen LogP contribution in [0.4, 0.5) is 5.69 Å². The zero-order chi connectivity index (χ0) is 12.7. The Morgan fingerprint density at radius 3 is 2.82 bits per heavy atom. The molecule has 0 heterocycles. The first-order valence-electron chi connectivity index (χ1n) is 5.54. The lowest BCUT2D eigenvalue weighted by Crippen LogP contribution is -2.23. The number of para-hydroxylation sites is 1. The van der Waals surface area contributed by atoms with Gasteiger partial charge in [-0.25, -0.2) is 0 Å². The molecule has 1 aromatic rings. The second-order valence-electron chi connectivity index (χ2n) is 3.65. The molecule has 0 aromatic heterocycles. The summed E-state index contributed by atoms with van der Waals surface area (Å²) in [5.41, 5.74) is 1.90. The number of aryl methyl sites for hydroxylation is 1. The van der Waals surface area contributed by atoms with E-state index in [9.17, 15) is 4.79 Å². The maximum absolute atomic E-state index is 11.3. The smallest absolute Gasteiger partial charge is 0.308 e. The molecule has 0 aliphatic heterocycles. The van der Waals surface area contributed by atoms with Crippen LogP contribution >= 0.6 is 0 Å². The molecule has 0 aliphatic carbocycles. The number of esters is 1. The first kappa shape index (κ1) is 13.0. The van der Waals surface area contributed by atoms with Gasteiger partial charge in [-0.15, -0.1) is 0 Å². The Labute approximate surface area is 101 Å². The van der Waals surface area contributed by atoms with E-state index in [4.69, 9.17) is 10.00 Å². The molecule has 1 unspecified atom stereocenters. The fourth-order valence-electron chi connectivity index (χ4n) is 1.44. The van der Waals surface area contributed by atoms with Crippen LogP contribution in [-0.2, 0) is 9.53 Å². The van der Waals surface area contributed by atoms with Crippen LogP contribution in [0.1, 0.15) is 18.9 Å². The summed E-state index contributed by atoms with van der Waals surface area (Å²) in [6.45, 7) is 4.02. The fourth-order valence-corrected chi connectivity index (χ4v) is 1.44. The van der Waals surface area contributed by atoms with Gasteiger partial charge in [0.15, 0.2) is 0 Å². The van der Waals surface area contributed by atoms with E-state index in [0.29, 0.717) is 6.61 Å². The van der Waals surface area contributed by atoms with Crippen molar-refractivity contribution in [1.82, 2.24) is 0 Å². The predicted octanol–water partition coefficient (Wildman–Crippen LogP) is 2.25. The topological polar surface area (TPSA) is 62.1 Å². The standard InChI is InChI=1S/C13H16N2O2/c1-3-17-13(16)8-11(9-14)15-12-7-5-4-6-10(12)2/h4-7,11,15H,3,8H2,1-2H3. The number of carbonyl (C=O) groups is 1. The van der Waals surface area contributed by atoms with Crippen molar-refractivity contribution in [3.05, 3.63) is 29.8 Å². The van der Waals surface area contributed by atoms with Gasteiger partial charge in [-0.3, -0.25) is 4.79 Å². The molecular weight excluding hydrogens is 216 g/mol. The molecule has 1 N–H and O–H groups in total. The summed E-state index contributed by atoms with van der Waals surface area (Å²) in [5, 5.41) is 12.0. The molecule has 0 aliphatic rings. The Kier molecular flexibility index (Phi) is 5.02. The zero-order valence-electron chi connectivity index (χ0n) is 10.1. The molecule has 90 valence electrons. The van der Waals surface area contributed by atoms with Gasteiger partial charge in [-0.2, -0.15) is 5.26 Å². The molecule has 1 aromatic carbocycles. The van der Waals surface area contributed by atoms with Crippen LogP contribution in [0.3, 0.4) is 0 Å². The molecule has 0 saturated carbocycles. The Bertz CT molecular complexity index is 424. The van der Waals surface area contributed by atoms with E-state index in [0.717, 1.165) is 11.3 Å². The highest BCUT2D eigenvalue weighted by Gasteiger charge is 2.14. The molecular formula is C13H16N2O2. The zero-order valence-corrected chi connectivity index (χ0v) is 10.1. The van der Waals surface area contributed by atoms with Gasteiger partial charge in [0.25, 0.3) is 0 Å². The van der Waals surface area contributed by atoms with Crippen LogP contribution in [0.2, 0.25) is 0 Å². The van der Waals surface area contributed by atoms with Crippen LogP contribution < -0.4 is 5.32 Å². The lowest BCUT2D eigenvalue weighted by Gasteiger charge is -2.13. The molecule has 0 bridgehead atoms. The van der Waals surface area contributed by atoms with E-state index in [-0.39, 0.29) is 12.4 Å². The summed E-state index contributed by atoms with van der Waals surface area (Å²) in [4.78, 5) is 11.3. The van der Waals surface area contributed by atoms with Gasteiger partial charge in [-0.1, -0.05) is 18.2 Å². The van der Waals surface area contributed by atoms with Crippen LogP contribution in [0.5, 0.6) is 0 Å². The van der Waals surface area contributed by atoms with Crippen molar-refractivity contribution in [2.24, 2.45) is 0 Å². The van der Waals surface area contributed by atoms with E-state index in [1.165, 1.54) is 0 Å². The number of benzene rings is 1. The number of ether oxygens (including phenoxy) is 1. The van der Waals surface area contributed by atoms with Crippen LogP contribution in [0, 0.1) is 18.3 Å². The summed E-state index contributed by atoms with van der Waals surface area (Å²) in [5.74, 6) is -0.361. The minimum atomic E-state index is -0.560.